The first-order chi connectivity index (χ1) is 16.2. The van der Waals surface area contributed by atoms with Crippen LogP contribution in [0.4, 0.5) is 5.69 Å². The molecule has 1 amide bonds. The first-order valence-corrected chi connectivity index (χ1v) is 12.0. The molecule has 176 valence electrons. The second kappa shape index (κ2) is 11.1. The van der Waals surface area contributed by atoms with Crippen LogP contribution >= 0.6 is 23.2 Å². The zero-order chi connectivity index (χ0) is 24.7. The maximum atomic E-state index is 13.3. The molecule has 0 aliphatic carbocycles. The molecule has 0 heterocycles. The standard InChI is InChI=1S/C23H19Cl2N3O5S/c1-16(29)33-18-12-10-17(11-13-18)14-26-27-22(30)15-28(21-9-5-8-20(24)23(21)25)34(31,32)19-6-3-2-4-7-19/h2-14H,15H2,1H3,(H,27,30)/b26-14-. The van der Waals surface area contributed by atoms with Gasteiger partial charge in [-0.1, -0.05) is 47.5 Å². The summed E-state index contributed by atoms with van der Waals surface area (Å²) in [6.07, 6.45) is 1.36. The zero-order valence-corrected chi connectivity index (χ0v) is 20.1. The minimum atomic E-state index is -4.14. The van der Waals surface area contributed by atoms with E-state index in [4.69, 9.17) is 27.9 Å². The number of rotatable bonds is 8. The summed E-state index contributed by atoms with van der Waals surface area (Å²) in [4.78, 5) is 23.6. The number of carbonyl (C=O) groups excluding carboxylic acids is 2. The van der Waals surface area contributed by atoms with E-state index < -0.39 is 28.4 Å². The molecular weight excluding hydrogens is 501 g/mol. The molecule has 11 heteroatoms. The third kappa shape index (κ3) is 6.34. The van der Waals surface area contributed by atoms with Crippen LogP contribution in [0.25, 0.3) is 0 Å². The fourth-order valence-corrected chi connectivity index (χ4v) is 4.74. The van der Waals surface area contributed by atoms with Crippen LogP contribution in [0.3, 0.4) is 0 Å². The third-order valence-corrected chi connectivity index (χ3v) is 6.95. The predicted molar refractivity (Wildman–Crippen MR) is 131 cm³/mol. The highest BCUT2D eigenvalue weighted by Crippen LogP contribution is 2.35. The largest absolute Gasteiger partial charge is 0.427 e. The van der Waals surface area contributed by atoms with Gasteiger partial charge in [-0.2, -0.15) is 5.10 Å². The number of anilines is 1. The summed E-state index contributed by atoms with van der Waals surface area (Å²) in [5, 5.41) is 4.00. The molecule has 3 rings (SSSR count). The predicted octanol–water partition coefficient (Wildman–Crippen LogP) is 4.26. The molecule has 0 spiro atoms. The van der Waals surface area contributed by atoms with Crippen molar-refractivity contribution in [3.05, 3.63) is 88.4 Å². The molecular formula is C23H19Cl2N3O5S. The molecule has 0 aliphatic heterocycles. The normalized spacial score (nSPS) is 11.3. The van der Waals surface area contributed by atoms with Crippen LogP contribution in [0.15, 0.2) is 82.8 Å². The van der Waals surface area contributed by atoms with Crippen molar-refractivity contribution in [3.8, 4) is 5.75 Å². The van der Waals surface area contributed by atoms with E-state index in [0.29, 0.717) is 11.3 Å². The molecule has 0 unspecified atom stereocenters. The average Bonchev–Trinajstić information content (AvgIpc) is 2.81. The number of hydrogen-bond acceptors (Lipinski definition) is 6. The fourth-order valence-electron chi connectivity index (χ4n) is 2.84. The van der Waals surface area contributed by atoms with Gasteiger partial charge in [-0.05, 0) is 54.1 Å². The van der Waals surface area contributed by atoms with Gasteiger partial charge >= 0.3 is 5.97 Å². The number of carbonyl (C=O) groups is 2. The van der Waals surface area contributed by atoms with Crippen molar-refractivity contribution in [1.29, 1.82) is 0 Å². The summed E-state index contributed by atoms with van der Waals surface area (Å²) in [5.74, 6) is -0.777. The van der Waals surface area contributed by atoms with Gasteiger partial charge in [0.05, 0.1) is 26.8 Å². The van der Waals surface area contributed by atoms with Gasteiger partial charge in [-0.15, -0.1) is 0 Å². The molecule has 34 heavy (non-hydrogen) atoms. The van der Waals surface area contributed by atoms with Crippen molar-refractivity contribution in [2.24, 2.45) is 5.10 Å². The van der Waals surface area contributed by atoms with Crippen LogP contribution < -0.4 is 14.5 Å². The van der Waals surface area contributed by atoms with Gasteiger partial charge < -0.3 is 4.74 Å². The number of esters is 1. The molecule has 0 fully saturated rings. The molecule has 3 aromatic rings. The molecule has 1 N–H and O–H groups in total. The fraction of sp³-hybridized carbons (Fsp3) is 0.0870. The van der Waals surface area contributed by atoms with E-state index in [1.165, 1.54) is 43.5 Å². The Morgan fingerprint density at radius 2 is 1.68 bits per heavy atom. The molecule has 0 radical (unpaired) electrons. The number of sulfonamides is 1. The van der Waals surface area contributed by atoms with Crippen molar-refractivity contribution >= 4 is 57.0 Å². The molecule has 0 aliphatic rings. The third-order valence-electron chi connectivity index (χ3n) is 4.36. The van der Waals surface area contributed by atoms with Gasteiger partial charge in [-0.3, -0.25) is 13.9 Å². The second-order valence-corrected chi connectivity index (χ2v) is 9.50. The van der Waals surface area contributed by atoms with E-state index in [1.807, 2.05) is 0 Å². The molecule has 0 saturated heterocycles. The SMILES string of the molecule is CC(=O)Oc1ccc(/C=N\NC(=O)CN(c2cccc(Cl)c2Cl)S(=O)(=O)c2ccccc2)cc1. The van der Waals surface area contributed by atoms with E-state index >= 15 is 0 Å². The molecule has 8 nitrogen and oxygen atoms in total. The highest BCUT2D eigenvalue weighted by Gasteiger charge is 2.29. The molecule has 0 aromatic heterocycles. The van der Waals surface area contributed by atoms with Gasteiger partial charge in [0.2, 0.25) is 0 Å². The summed E-state index contributed by atoms with van der Waals surface area (Å²) in [5.41, 5.74) is 2.97. The van der Waals surface area contributed by atoms with Crippen molar-refractivity contribution in [2.45, 2.75) is 11.8 Å². The highest BCUT2D eigenvalue weighted by atomic mass is 35.5. The van der Waals surface area contributed by atoms with Gasteiger partial charge in [-0.25, -0.2) is 13.8 Å². The van der Waals surface area contributed by atoms with E-state index in [0.717, 1.165) is 4.31 Å². The Hall–Kier alpha value is -3.40. The van der Waals surface area contributed by atoms with E-state index in [-0.39, 0.29) is 20.6 Å². The van der Waals surface area contributed by atoms with E-state index in [1.54, 1.807) is 42.5 Å². The van der Waals surface area contributed by atoms with E-state index in [9.17, 15) is 18.0 Å². The lowest BCUT2D eigenvalue weighted by molar-refractivity contribution is -0.131. The van der Waals surface area contributed by atoms with Gasteiger partial charge in [0, 0.05) is 6.92 Å². The van der Waals surface area contributed by atoms with Crippen molar-refractivity contribution < 1.29 is 22.7 Å². The lowest BCUT2D eigenvalue weighted by Gasteiger charge is -2.24. The van der Waals surface area contributed by atoms with E-state index in [2.05, 4.69) is 10.5 Å². The number of hydrazone groups is 1. The Balaban J connectivity index is 1.80. The summed E-state index contributed by atoms with van der Waals surface area (Å²) in [6, 6.07) is 18.5. The minimum Gasteiger partial charge on any atom is -0.427 e. The quantitative estimate of drug-likeness (QED) is 0.207. The van der Waals surface area contributed by atoms with Crippen LogP contribution in [0.1, 0.15) is 12.5 Å². The van der Waals surface area contributed by atoms with Gasteiger partial charge in [0.15, 0.2) is 0 Å². The van der Waals surface area contributed by atoms with Crippen molar-refractivity contribution in [3.63, 3.8) is 0 Å². The van der Waals surface area contributed by atoms with Crippen molar-refractivity contribution in [2.75, 3.05) is 10.8 Å². The Kier molecular flexibility index (Phi) is 8.27. The second-order valence-electron chi connectivity index (χ2n) is 6.85. The maximum absolute atomic E-state index is 13.3. The lowest BCUT2D eigenvalue weighted by atomic mass is 10.2. The summed E-state index contributed by atoms with van der Waals surface area (Å²) in [7, 11) is -4.14. The Bertz CT molecular complexity index is 1310. The van der Waals surface area contributed by atoms with Crippen LogP contribution in [0.2, 0.25) is 10.0 Å². The highest BCUT2D eigenvalue weighted by molar-refractivity contribution is 7.92. The Morgan fingerprint density at radius 3 is 2.32 bits per heavy atom. The molecule has 0 atom stereocenters. The van der Waals surface area contributed by atoms with Gasteiger partial charge in [0.1, 0.15) is 12.3 Å². The zero-order valence-electron chi connectivity index (χ0n) is 17.8. The monoisotopic (exact) mass is 519 g/mol. The smallest absolute Gasteiger partial charge is 0.308 e. The number of halogens is 2. The molecule has 0 bridgehead atoms. The topological polar surface area (TPSA) is 105 Å². The number of hydrogen-bond donors (Lipinski definition) is 1. The lowest BCUT2D eigenvalue weighted by Crippen LogP contribution is -2.39. The maximum Gasteiger partial charge on any atom is 0.308 e. The summed E-state index contributed by atoms with van der Waals surface area (Å²) in [6.45, 7) is 0.697. The number of ether oxygens (including phenoxy) is 1. The minimum absolute atomic E-state index is 0.00663. The Labute approximate surface area is 206 Å². The van der Waals surface area contributed by atoms with Crippen LogP contribution in [-0.4, -0.2) is 33.1 Å². The van der Waals surface area contributed by atoms with Crippen LogP contribution in [-0.2, 0) is 19.6 Å². The number of benzene rings is 3. The molecule has 0 saturated carbocycles. The van der Waals surface area contributed by atoms with Crippen LogP contribution in [0, 0.1) is 0 Å². The first kappa shape index (κ1) is 25.2. The van der Waals surface area contributed by atoms with Gasteiger partial charge in [0.25, 0.3) is 15.9 Å². The van der Waals surface area contributed by atoms with Crippen LogP contribution in [0.5, 0.6) is 5.75 Å². The number of nitrogens with zero attached hydrogens (tertiary/aromatic N) is 2. The summed E-state index contributed by atoms with van der Waals surface area (Å²) < 4.78 is 32.4. The summed E-state index contributed by atoms with van der Waals surface area (Å²) >= 11 is 12.3. The number of amides is 1. The number of nitrogens with one attached hydrogen (secondary N) is 1. The average molecular weight is 520 g/mol. The molecule has 3 aromatic carbocycles. The Morgan fingerprint density at radius 1 is 1.00 bits per heavy atom. The van der Waals surface area contributed by atoms with Crippen molar-refractivity contribution in [1.82, 2.24) is 5.43 Å². The first-order valence-electron chi connectivity index (χ1n) is 9.80.